The van der Waals surface area contributed by atoms with E-state index in [0.29, 0.717) is 28.0 Å². The number of carbonyl (C=O) groups excluding carboxylic acids is 2. The Morgan fingerprint density at radius 2 is 1.68 bits per heavy atom. The molecule has 2 heterocycles. The van der Waals surface area contributed by atoms with Crippen molar-refractivity contribution in [2.45, 2.75) is 40.2 Å². The lowest BCUT2D eigenvalue weighted by molar-refractivity contribution is -0.116. The van der Waals surface area contributed by atoms with Crippen molar-refractivity contribution in [1.82, 2.24) is 9.55 Å². The van der Waals surface area contributed by atoms with Crippen LogP contribution in [0.5, 0.6) is 0 Å². The lowest BCUT2D eigenvalue weighted by atomic mass is 10.0. The molecule has 0 radical (unpaired) electrons. The second kappa shape index (κ2) is 9.83. The first kappa shape index (κ1) is 23.1. The van der Waals surface area contributed by atoms with Crippen LogP contribution in [-0.4, -0.2) is 21.2 Å². The Hall–Kier alpha value is -4.06. The van der Waals surface area contributed by atoms with Crippen LogP contribution in [0.2, 0.25) is 0 Å². The van der Waals surface area contributed by atoms with E-state index < -0.39 is 0 Å². The topological polar surface area (TPSA) is 81.1 Å². The van der Waals surface area contributed by atoms with Crippen molar-refractivity contribution in [2.75, 3.05) is 5.32 Å². The van der Waals surface area contributed by atoms with Gasteiger partial charge in [-0.25, -0.2) is 4.98 Å². The highest BCUT2D eigenvalue weighted by Crippen LogP contribution is 2.16. The van der Waals surface area contributed by atoms with Crippen molar-refractivity contribution in [3.63, 3.8) is 0 Å². The summed E-state index contributed by atoms with van der Waals surface area (Å²) in [6.45, 7) is 5.82. The Bertz CT molecular complexity index is 1440. The molecule has 172 valence electrons. The number of hydrogen-bond acceptors (Lipinski definition) is 4. The molecule has 6 heteroatoms. The molecule has 2 aromatic carbocycles. The third-order valence-corrected chi connectivity index (χ3v) is 5.86. The fraction of sp³-hybridized carbons (Fsp3) is 0.214. The van der Waals surface area contributed by atoms with Gasteiger partial charge in [-0.2, -0.15) is 0 Å². The maximum Gasteiger partial charge on any atom is 0.244 e. The normalized spacial score (nSPS) is 10.9. The van der Waals surface area contributed by atoms with E-state index >= 15 is 0 Å². The van der Waals surface area contributed by atoms with Crippen LogP contribution in [0.4, 0.5) is 5.69 Å². The number of pyridine rings is 2. The van der Waals surface area contributed by atoms with Crippen molar-refractivity contribution < 1.29 is 9.59 Å². The summed E-state index contributed by atoms with van der Waals surface area (Å²) in [4.78, 5) is 43.8. The highest BCUT2D eigenvalue weighted by Gasteiger charge is 2.19. The first-order chi connectivity index (χ1) is 16.4. The summed E-state index contributed by atoms with van der Waals surface area (Å²) in [6.07, 6.45) is 3.18. The fourth-order valence-electron chi connectivity index (χ4n) is 3.91. The Morgan fingerprint density at radius 1 is 0.941 bits per heavy atom. The molecule has 0 atom stereocenters. The van der Waals surface area contributed by atoms with Gasteiger partial charge in [-0.1, -0.05) is 50.2 Å². The molecule has 0 unspecified atom stereocenters. The van der Waals surface area contributed by atoms with Crippen LogP contribution in [0.3, 0.4) is 0 Å². The number of aryl methyl sites for hydroxylation is 3. The predicted molar refractivity (Wildman–Crippen MR) is 134 cm³/mol. The van der Waals surface area contributed by atoms with Crippen molar-refractivity contribution in [3.05, 3.63) is 105 Å². The van der Waals surface area contributed by atoms with Gasteiger partial charge in [-0.3, -0.25) is 14.4 Å². The van der Waals surface area contributed by atoms with Crippen LogP contribution < -0.4 is 10.7 Å². The molecule has 0 bridgehead atoms. The monoisotopic (exact) mass is 453 g/mol. The molecule has 4 aromatic rings. The standard InChI is InChI=1S/C28H27N3O3/c1-4-19-10-12-21(13-11-19)26(33)24-16-31(28-23(27(24)34)14-9-18(3)29-28)17-25(32)30-22-8-6-7-20(5-2)15-22/h6-16H,4-5,17H2,1-3H3,(H,30,32). The number of fused-ring (bicyclic) bond motifs is 1. The van der Waals surface area contributed by atoms with Crippen LogP contribution in [-0.2, 0) is 24.2 Å². The lowest BCUT2D eigenvalue weighted by Crippen LogP contribution is -2.25. The lowest BCUT2D eigenvalue weighted by Gasteiger charge is -2.14. The van der Waals surface area contributed by atoms with Crippen molar-refractivity contribution >= 4 is 28.4 Å². The molecule has 0 aliphatic carbocycles. The molecule has 2 aromatic heterocycles. The Morgan fingerprint density at radius 3 is 2.38 bits per heavy atom. The Kier molecular flexibility index (Phi) is 6.68. The summed E-state index contributed by atoms with van der Waals surface area (Å²) in [6, 6.07) is 18.3. The van der Waals surface area contributed by atoms with Gasteiger partial charge in [0.2, 0.25) is 11.3 Å². The average molecular weight is 454 g/mol. The third kappa shape index (κ3) is 4.81. The highest BCUT2D eigenvalue weighted by molar-refractivity contribution is 6.10. The molecule has 0 fully saturated rings. The van der Waals surface area contributed by atoms with Gasteiger partial charge in [-0.05, 0) is 55.2 Å². The van der Waals surface area contributed by atoms with E-state index in [1.54, 1.807) is 28.8 Å². The summed E-state index contributed by atoms with van der Waals surface area (Å²) in [7, 11) is 0. The summed E-state index contributed by atoms with van der Waals surface area (Å²) < 4.78 is 1.58. The van der Waals surface area contributed by atoms with Crippen molar-refractivity contribution in [3.8, 4) is 0 Å². The van der Waals surface area contributed by atoms with E-state index in [1.165, 1.54) is 6.20 Å². The third-order valence-electron chi connectivity index (χ3n) is 5.86. The molecule has 4 rings (SSSR count). The summed E-state index contributed by atoms with van der Waals surface area (Å²) in [5, 5.41) is 3.21. The van der Waals surface area contributed by atoms with E-state index in [0.717, 1.165) is 24.0 Å². The number of ketones is 1. The molecule has 1 amide bonds. The number of rotatable bonds is 7. The molecular formula is C28H27N3O3. The minimum Gasteiger partial charge on any atom is -0.325 e. The Labute approximate surface area is 198 Å². The quantitative estimate of drug-likeness (QED) is 0.411. The molecular weight excluding hydrogens is 426 g/mol. The number of benzene rings is 2. The van der Waals surface area contributed by atoms with E-state index in [-0.39, 0.29) is 29.2 Å². The Balaban J connectivity index is 1.73. The maximum atomic E-state index is 13.2. The smallest absolute Gasteiger partial charge is 0.244 e. The molecule has 34 heavy (non-hydrogen) atoms. The van der Waals surface area contributed by atoms with Crippen LogP contribution >= 0.6 is 0 Å². The van der Waals surface area contributed by atoms with E-state index in [9.17, 15) is 14.4 Å². The molecule has 0 saturated carbocycles. The molecule has 1 N–H and O–H groups in total. The highest BCUT2D eigenvalue weighted by atomic mass is 16.2. The summed E-state index contributed by atoms with van der Waals surface area (Å²) in [5.74, 6) is -0.646. The van der Waals surface area contributed by atoms with Crippen LogP contribution in [0, 0.1) is 6.92 Å². The van der Waals surface area contributed by atoms with Gasteiger partial charge >= 0.3 is 0 Å². The second-order valence-corrected chi connectivity index (χ2v) is 8.31. The number of anilines is 1. The zero-order chi connectivity index (χ0) is 24.2. The van der Waals surface area contributed by atoms with Gasteiger partial charge in [0.1, 0.15) is 12.2 Å². The number of amides is 1. The maximum absolute atomic E-state index is 13.2. The number of nitrogens with zero attached hydrogens (tertiary/aromatic N) is 2. The van der Waals surface area contributed by atoms with Gasteiger partial charge in [-0.15, -0.1) is 0 Å². The second-order valence-electron chi connectivity index (χ2n) is 8.31. The van der Waals surface area contributed by atoms with E-state index in [2.05, 4.69) is 17.2 Å². The largest absolute Gasteiger partial charge is 0.325 e. The summed E-state index contributed by atoms with van der Waals surface area (Å²) >= 11 is 0. The first-order valence-electron chi connectivity index (χ1n) is 11.4. The van der Waals surface area contributed by atoms with Gasteiger partial charge in [0.05, 0.1) is 10.9 Å². The first-order valence-corrected chi connectivity index (χ1v) is 11.4. The van der Waals surface area contributed by atoms with Crippen LogP contribution in [0.1, 0.15) is 46.6 Å². The number of hydrogen-bond donors (Lipinski definition) is 1. The van der Waals surface area contributed by atoms with E-state index in [1.807, 2.05) is 50.2 Å². The van der Waals surface area contributed by atoms with Crippen LogP contribution in [0.25, 0.3) is 11.0 Å². The minimum atomic E-state index is -0.389. The van der Waals surface area contributed by atoms with E-state index in [4.69, 9.17) is 0 Å². The number of carbonyl (C=O) groups is 2. The molecule has 0 aliphatic rings. The fourth-order valence-corrected chi connectivity index (χ4v) is 3.91. The van der Waals surface area contributed by atoms with Gasteiger partial charge in [0.15, 0.2) is 5.78 Å². The van der Waals surface area contributed by atoms with Gasteiger partial charge in [0.25, 0.3) is 0 Å². The van der Waals surface area contributed by atoms with Crippen LogP contribution in [0.15, 0.2) is 71.7 Å². The molecule has 0 aliphatic heterocycles. The number of aromatic nitrogens is 2. The zero-order valence-electron chi connectivity index (χ0n) is 19.6. The van der Waals surface area contributed by atoms with Crippen molar-refractivity contribution in [2.24, 2.45) is 0 Å². The van der Waals surface area contributed by atoms with Crippen molar-refractivity contribution in [1.29, 1.82) is 0 Å². The predicted octanol–water partition coefficient (Wildman–Crippen LogP) is 4.70. The average Bonchev–Trinajstić information content (AvgIpc) is 2.85. The molecule has 6 nitrogen and oxygen atoms in total. The van der Waals surface area contributed by atoms with Gasteiger partial charge < -0.3 is 9.88 Å². The molecule has 0 saturated heterocycles. The SMILES string of the molecule is CCc1ccc(C(=O)c2cn(CC(=O)Nc3cccc(CC)c3)c3nc(C)ccc3c2=O)cc1. The van der Waals surface area contributed by atoms with Gasteiger partial charge in [0, 0.05) is 23.1 Å². The summed E-state index contributed by atoms with van der Waals surface area (Å²) in [5.41, 5.74) is 4.07. The zero-order valence-corrected chi connectivity index (χ0v) is 19.6. The molecule has 0 spiro atoms. The minimum absolute atomic E-state index is 0.0168. The number of nitrogens with one attached hydrogen (secondary N) is 1.